The van der Waals surface area contributed by atoms with Crippen LogP contribution in [-0.2, 0) is 6.42 Å². The van der Waals surface area contributed by atoms with Crippen LogP contribution >= 0.6 is 0 Å². The summed E-state index contributed by atoms with van der Waals surface area (Å²) in [5.41, 5.74) is 2.57. The number of carbonyl (C=O) groups excluding carboxylic acids is 2. The van der Waals surface area contributed by atoms with Gasteiger partial charge in [0.05, 0.1) is 0 Å². The Balaban J connectivity index is 1.60. The van der Waals surface area contributed by atoms with Gasteiger partial charge in [-0.1, -0.05) is 19.1 Å². The number of pyridine rings is 1. The number of rotatable bonds is 3. The lowest BCUT2D eigenvalue weighted by molar-refractivity contribution is 0.0535. The molecule has 0 radical (unpaired) electrons. The minimum Gasteiger partial charge on any atom is -0.335 e. The van der Waals surface area contributed by atoms with Crippen molar-refractivity contribution in [3.05, 3.63) is 65.5 Å². The average Bonchev–Trinajstić information content (AvgIpc) is 2.68. The van der Waals surface area contributed by atoms with Gasteiger partial charge in [0.25, 0.3) is 11.8 Å². The van der Waals surface area contributed by atoms with E-state index >= 15 is 0 Å². The molecule has 1 aliphatic heterocycles. The molecule has 1 aliphatic rings. The van der Waals surface area contributed by atoms with Gasteiger partial charge in [-0.3, -0.25) is 14.6 Å². The fourth-order valence-corrected chi connectivity index (χ4v) is 2.86. The first-order chi connectivity index (χ1) is 11.7. The van der Waals surface area contributed by atoms with Crippen LogP contribution in [0.3, 0.4) is 0 Å². The van der Waals surface area contributed by atoms with Gasteiger partial charge in [-0.05, 0) is 36.2 Å². The molecular formula is C19H21N3O2. The molecule has 1 aromatic heterocycles. The number of benzene rings is 1. The van der Waals surface area contributed by atoms with Gasteiger partial charge in [-0.15, -0.1) is 0 Å². The first kappa shape index (κ1) is 16.2. The molecule has 5 heteroatoms. The van der Waals surface area contributed by atoms with Crippen LogP contribution in [0.1, 0.15) is 33.2 Å². The monoisotopic (exact) mass is 323 g/mol. The summed E-state index contributed by atoms with van der Waals surface area (Å²) in [4.78, 5) is 32.5. The van der Waals surface area contributed by atoms with E-state index in [1.165, 1.54) is 5.56 Å². The standard InChI is InChI=1S/C19H21N3O2/c1-2-15-3-5-16(6-4-15)18(23)21-11-13-22(14-12-21)19(24)17-7-9-20-10-8-17/h3-10H,2,11-14H2,1H3. The Morgan fingerprint density at radius 1 is 0.833 bits per heavy atom. The normalized spacial score (nSPS) is 14.5. The molecule has 1 aromatic carbocycles. The fourth-order valence-electron chi connectivity index (χ4n) is 2.86. The number of aryl methyl sites for hydroxylation is 1. The van der Waals surface area contributed by atoms with E-state index in [4.69, 9.17) is 0 Å². The predicted octanol–water partition coefficient (Wildman–Crippen LogP) is 2.24. The van der Waals surface area contributed by atoms with Crippen molar-refractivity contribution < 1.29 is 9.59 Å². The molecule has 0 atom stereocenters. The molecule has 0 unspecified atom stereocenters. The van der Waals surface area contributed by atoms with E-state index in [1.54, 1.807) is 29.4 Å². The Hall–Kier alpha value is -2.69. The molecule has 0 aliphatic carbocycles. The Morgan fingerprint density at radius 3 is 1.75 bits per heavy atom. The van der Waals surface area contributed by atoms with E-state index < -0.39 is 0 Å². The van der Waals surface area contributed by atoms with Crippen molar-refractivity contribution in [1.82, 2.24) is 14.8 Å². The van der Waals surface area contributed by atoms with Gasteiger partial charge in [0.15, 0.2) is 0 Å². The second-order valence-electron chi connectivity index (χ2n) is 5.87. The van der Waals surface area contributed by atoms with Crippen LogP contribution in [0.25, 0.3) is 0 Å². The summed E-state index contributed by atoms with van der Waals surface area (Å²) < 4.78 is 0. The van der Waals surface area contributed by atoms with Gasteiger partial charge in [0.1, 0.15) is 0 Å². The van der Waals surface area contributed by atoms with Crippen LogP contribution in [0.4, 0.5) is 0 Å². The third-order valence-corrected chi connectivity index (χ3v) is 4.39. The third-order valence-electron chi connectivity index (χ3n) is 4.39. The summed E-state index contributed by atoms with van der Waals surface area (Å²) in [6, 6.07) is 11.2. The number of aromatic nitrogens is 1. The minimum atomic E-state index is -0.00297. The molecular weight excluding hydrogens is 302 g/mol. The molecule has 0 saturated carbocycles. The SMILES string of the molecule is CCc1ccc(C(=O)N2CCN(C(=O)c3ccncc3)CC2)cc1. The summed E-state index contributed by atoms with van der Waals surface area (Å²) >= 11 is 0. The third kappa shape index (κ3) is 3.45. The Kier molecular flexibility index (Phi) is 4.89. The van der Waals surface area contributed by atoms with Crippen LogP contribution in [-0.4, -0.2) is 52.8 Å². The summed E-state index contributed by atoms with van der Waals surface area (Å²) in [5, 5.41) is 0. The van der Waals surface area contributed by atoms with Gasteiger partial charge >= 0.3 is 0 Å². The van der Waals surface area contributed by atoms with Gasteiger partial charge in [0, 0.05) is 49.7 Å². The van der Waals surface area contributed by atoms with E-state index in [1.807, 2.05) is 29.2 Å². The molecule has 2 aromatic rings. The number of hydrogen-bond donors (Lipinski definition) is 0. The van der Waals surface area contributed by atoms with E-state index in [2.05, 4.69) is 11.9 Å². The minimum absolute atomic E-state index is 0.00297. The number of hydrogen-bond acceptors (Lipinski definition) is 3. The lowest BCUT2D eigenvalue weighted by atomic mass is 10.1. The molecule has 124 valence electrons. The Bertz CT molecular complexity index is 705. The van der Waals surface area contributed by atoms with E-state index in [0.717, 1.165) is 6.42 Å². The van der Waals surface area contributed by atoms with Crippen molar-refractivity contribution in [2.75, 3.05) is 26.2 Å². The van der Waals surface area contributed by atoms with Crippen molar-refractivity contribution in [2.45, 2.75) is 13.3 Å². The molecule has 2 heterocycles. The van der Waals surface area contributed by atoms with Crippen molar-refractivity contribution in [3.63, 3.8) is 0 Å². The summed E-state index contributed by atoms with van der Waals surface area (Å²) in [6.07, 6.45) is 4.20. The molecule has 0 bridgehead atoms. The number of piperazine rings is 1. The first-order valence-electron chi connectivity index (χ1n) is 8.26. The van der Waals surface area contributed by atoms with Gasteiger partial charge < -0.3 is 9.80 Å². The highest BCUT2D eigenvalue weighted by atomic mass is 16.2. The molecule has 0 spiro atoms. The molecule has 1 saturated heterocycles. The maximum atomic E-state index is 12.6. The van der Waals surface area contributed by atoms with Crippen molar-refractivity contribution in [1.29, 1.82) is 0 Å². The smallest absolute Gasteiger partial charge is 0.254 e. The van der Waals surface area contributed by atoms with Crippen LogP contribution in [0.5, 0.6) is 0 Å². The molecule has 1 fully saturated rings. The highest BCUT2D eigenvalue weighted by Crippen LogP contribution is 2.12. The van der Waals surface area contributed by atoms with Crippen LogP contribution in [0, 0.1) is 0 Å². The summed E-state index contributed by atoms with van der Waals surface area (Å²) in [7, 11) is 0. The van der Waals surface area contributed by atoms with Gasteiger partial charge in [-0.25, -0.2) is 0 Å². The zero-order valence-corrected chi connectivity index (χ0v) is 13.8. The summed E-state index contributed by atoms with van der Waals surface area (Å²) in [6.45, 7) is 4.33. The average molecular weight is 323 g/mol. The molecule has 3 rings (SSSR count). The largest absolute Gasteiger partial charge is 0.335 e. The maximum absolute atomic E-state index is 12.6. The van der Waals surface area contributed by atoms with E-state index in [-0.39, 0.29) is 11.8 Å². The van der Waals surface area contributed by atoms with Crippen molar-refractivity contribution in [2.24, 2.45) is 0 Å². The number of carbonyl (C=O) groups is 2. The van der Waals surface area contributed by atoms with Crippen LogP contribution in [0.2, 0.25) is 0 Å². The lowest BCUT2D eigenvalue weighted by Gasteiger charge is -2.34. The van der Waals surface area contributed by atoms with Gasteiger partial charge in [0.2, 0.25) is 0 Å². The highest BCUT2D eigenvalue weighted by Gasteiger charge is 2.25. The summed E-state index contributed by atoms with van der Waals surface area (Å²) in [5.74, 6) is 0.0328. The quantitative estimate of drug-likeness (QED) is 0.870. The molecule has 0 N–H and O–H groups in total. The Labute approximate surface area is 141 Å². The van der Waals surface area contributed by atoms with E-state index in [9.17, 15) is 9.59 Å². The fraction of sp³-hybridized carbons (Fsp3) is 0.316. The molecule has 5 nitrogen and oxygen atoms in total. The van der Waals surface area contributed by atoms with Crippen molar-refractivity contribution >= 4 is 11.8 Å². The van der Waals surface area contributed by atoms with E-state index in [0.29, 0.717) is 37.3 Å². The van der Waals surface area contributed by atoms with Crippen molar-refractivity contribution in [3.8, 4) is 0 Å². The number of nitrogens with zero attached hydrogens (tertiary/aromatic N) is 3. The predicted molar refractivity (Wildman–Crippen MR) is 91.9 cm³/mol. The zero-order valence-electron chi connectivity index (χ0n) is 13.8. The number of amides is 2. The second kappa shape index (κ2) is 7.25. The maximum Gasteiger partial charge on any atom is 0.254 e. The first-order valence-corrected chi connectivity index (χ1v) is 8.26. The molecule has 2 amide bonds. The lowest BCUT2D eigenvalue weighted by Crippen LogP contribution is -2.50. The topological polar surface area (TPSA) is 53.5 Å². The van der Waals surface area contributed by atoms with Crippen LogP contribution in [0.15, 0.2) is 48.8 Å². The zero-order chi connectivity index (χ0) is 16.9. The second-order valence-corrected chi connectivity index (χ2v) is 5.87. The van der Waals surface area contributed by atoms with Crippen LogP contribution < -0.4 is 0 Å². The molecule has 24 heavy (non-hydrogen) atoms. The highest BCUT2D eigenvalue weighted by molar-refractivity contribution is 5.95. The van der Waals surface area contributed by atoms with Gasteiger partial charge in [-0.2, -0.15) is 0 Å². The Morgan fingerprint density at radius 2 is 1.29 bits per heavy atom.